The van der Waals surface area contributed by atoms with Gasteiger partial charge in [-0.15, -0.1) is 0 Å². The van der Waals surface area contributed by atoms with Crippen molar-refractivity contribution < 1.29 is 23.9 Å². The molecule has 1 N–H and O–H groups in total. The molecule has 35 heavy (non-hydrogen) atoms. The van der Waals surface area contributed by atoms with Crippen molar-refractivity contribution in [2.45, 2.75) is 11.5 Å². The Bertz CT molecular complexity index is 1300. The number of benzene rings is 3. The summed E-state index contributed by atoms with van der Waals surface area (Å²) in [6, 6.07) is 24.1. The summed E-state index contributed by atoms with van der Waals surface area (Å²) >= 11 is 4.57. The van der Waals surface area contributed by atoms with Gasteiger partial charge in [-0.2, -0.15) is 0 Å². The van der Waals surface area contributed by atoms with E-state index < -0.39 is 11.7 Å². The minimum Gasteiger partial charge on any atom is -0.489 e. The fourth-order valence-electron chi connectivity index (χ4n) is 3.08. The molecule has 176 valence electrons. The minimum absolute atomic E-state index is 0.0770. The number of carbonyl (C=O) groups is 3. The topological polar surface area (TPSA) is 81.7 Å². The van der Waals surface area contributed by atoms with Crippen LogP contribution >= 0.6 is 27.7 Å². The van der Waals surface area contributed by atoms with Crippen LogP contribution in [0.25, 0.3) is 0 Å². The Hall–Kier alpha value is -3.62. The first kappa shape index (κ1) is 24.5. The summed E-state index contributed by atoms with van der Waals surface area (Å²) in [5.41, 5.74) is 0.982. The fourth-order valence-corrected chi connectivity index (χ4v) is 4.55. The molecule has 0 saturated heterocycles. The predicted octanol–water partition coefficient (Wildman–Crippen LogP) is 5.24. The van der Waals surface area contributed by atoms with Gasteiger partial charge in [0.2, 0.25) is 5.78 Å². The van der Waals surface area contributed by atoms with E-state index in [1.807, 2.05) is 54.6 Å². The molecule has 0 aromatic heterocycles. The molecule has 0 fully saturated rings. The van der Waals surface area contributed by atoms with Crippen molar-refractivity contribution in [1.82, 2.24) is 5.32 Å². The van der Waals surface area contributed by atoms with Crippen LogP contribution in [0.5, 0.6) is 11.5 Å². The Labute approximate surface area is 215 Å². The first-order chi connectivity index (χ1) is 17.0. The Morgan fingerprint density at radius 2 is 1.54 bits per heavy atom. The summed E-state index contributed by atoms with van der Waals surface area (Å²) in [6.07, 6.45) is 2.37. The van der Waals surface area contributed by atoms with E-state index in [9.17, 15) is 14.4 Å². The number of ether oxygens (including phenoxy) is 2. The van der Waals surface area contributed by atoms with Crippen molar-refractivity contribution >= 4 is 45.2 Å². The summed E-state index contributed by atoms with van der Waals surface area (Å²) in [5.74, 6) is -0.198. The quantitative estimate of drug-likeness (QED) is 0.368. The van der Waals surface area contributed by atoms with Gasteiger partial charge in [0, 0.05) is 21.5 Å². The van der Waals surface area contributed by atoms with E-state index >= 15 is 0 Å². The van der Waals surface area contributed by atoms with Gasteiger partial charge in [-0.1, -0.05) is 64.1 Å². The molecule has 0 aliphatic heterocycles. The number of carbonyl (C=O) groups excluding carboxylic acids is 3. The van der Waals surface area contributed by atoms with Gasteiger partial charge >= 0.3 is 0 Å². The third-order valence-corrected chi connectivity index (χ3v) is 6.31. The Morgan fingerprint density at radius 3 is 2.26 bits per heavy atom. The molecule has 1 aliphatic carbocycles. The zero-order chi connectivity index (χ0) is 24.6. The maximum absolute atomic E-state index is 12.5. The highest BCUT2D eigenvalue weighted by atomic mass is 79.9. The number of hydrogen-bond acceptors (Lipinski definition) is 6. The molecule has 3 aromatic carbocycles. The summed E-state index contributed by atoms with van der Waals surface area (Å²) in [6.45, 7) is 0.134. The number of halogens is 1. The molecule has 6 nitrogen and oxygen atoms in total. The summed E-state index contributed by atoms with van der Waals surface area (Å²) in [4.78, 5) is 38.3. The first-order valence-electron chi connectivity index (χ1n) is 10.6. The number of nitrogens with one attached hydrogen (secondary N) is 1. The Balaban J connectivity index is 1.25. The molecule has 4 rings (SSSR count). The third kappa shape index (κ3) is 7.18. The van der Waals surface area contributed by atoms with Gasteiger partial charge in [0.05, 0.1) is 10.6 Å². The molecule has 0 atom stereocenters. The average Bonchev–Trinajstić information content (AvgIpc) is 2.86. The number of allylic oxidation sites excluding steroid dienone is 3. The highest BCUT2D eigenvalue weighted by molar-refractivity contribution is 9.10. The summed E-state index contributed by atoms with van der Waals surface area (Å²) in [5, 5.41) is 2.45. The van der Waals surface area contributed by atoms with Gasteiger partial charge in [-0.25, -0.2) is 0 Å². The van der Waals surface area contributed by atoms with Crippen LogP contribution in [0.4, 0.5) is 0 Å². The maximum Gasteiger partial charge on any atom is 0.262 e. The number of amides is 1. The van der Waals surface area contributed by atoms with Gasteiger partial charge in [-0.3, -0.25) is 14.4 Å². The Morgan fingerprint density at radius 1 is 0.829 bits per heavy atom. The van der Waals surface area contributed by atoms with Crippen LogP contribution in [0.2, 0.25) is 0 Å². The molecule has 0 unspecified atom stereocenters. The van der Waals surface area contributed by atoms with E-state index in [2.05, 4.69) is 21.2 Å². The van der Waals surface area contributed by atoms with Crippen LogP contribution in [0.3, 0.4) is 0 Å². The van der Waals surface area contributed by atoms with Crippen molar-refractivity contribution in [1.29, 1.82) is 0 Å². The van der Waals surface area contributed by atoms with E-state index in [1.165, 1.54) is 17.8 Å². The number of thioether (sulfide) groups is 1. The minimum atomic E-state index is -0.543. The molecule has 0 saturated carbocycles. The first-order valence-corrected chi connectivity index (χ1v) is 12.2. The van der Waals surface area contributed by atoms with Crippen molar-refractivity contribution in [2.75, 3.05) is 6.61 Å². The van der Waals surface area contributed by atoms with Crippen LogP contribution in [-0.4, -0.2) is 24.1 Å². The second-order valence-electron chi connectivity index (χ2n) is 7.44. The van der Waals surface area contributed by atoms with Crippen molar-refractivity contribution in [3.63, 3.8) is 0 Å². The fraction of sp³-hybridized carbons (Fsp3) is 0.0741. The molecule has 0 spiro atoms. The van der Waals surface area contributed by atoms with E-state index in [1.54, 1.807) is 24.3 Å². The van der Waals surface area contributed by atoms with E-state index in [0.717, 1.165) is 21.0 Å². The van der Waals surface area contributed by atoms with Gasteiger partial charge in [0.15, 0.2) is 12.4 Å². The maximum atomic E-state index is 12.5. The zero-order valence-corrected chi connectivity index (χ0v) is 20.8. The summed E-state index contributed by atoms with van der Waals surface area (Å²) < 4.78 is 12.1. The second kappa shape index (κ2) is 11.7. The Kier molecular flexibility index (Phi) is 8.18. The number of ketones is 2. The van der Waals surface area contributed by atoms with Crippen LogP contribution in [-0.2, 0) is 21.0 Å². The van der Waals surface area contributed by atoms with Crippen molar-refractivity contribution in [3.05, 3.63) is 112 Å². The van der Waals surface area contributed by atoms with Crippen LogP contribution in [0, 0.1) is 0 Å². The van der Waals surface area contributed by atoms with Crippen LogP contribution in [0.15, 0.2) is 111 Å². The normalized spacial score (nSPS) is 13.1. The van der Waals surface area contributed by atoms with Gasteiger partial charge in [0.1, 0.15) is 18.1 Å². The largest absolute Gasteiger partial charge is 0.489 e. The molecule has 0 radical (unpaired) electrons. The lowest BCUT2D eigenvalue weighted by Crippen LogP contribution is -2.33. The summed E-state index contributed by atoms with van der Waals surface area (Å²) in [7, 11) is 0. The van der Waals surface area contributed by atoms with Crippen molar-refractivity contribution in [3.8, 4) is 11.5 Å². The standard InChI is InChI=1S/C27H20BrNO5S/c28-19-7-4-8-22(13-19)35-26-15-24(30)23(14-25(26)31)29-27(32)17-34-21-11-9-20(10-12-21)33-16-18-5-2-1-3-6-18/h1-15H,16-17H2,(H,29,32). The lowest BCUT2D eigenvalue weighted by Gasteiger charge is -2.13. The highest BCUT2D eigenvalue weighted by Gasteiger charge is 2.22. The van der Waals surface area contributed by atoms with Gasteiger partial charge < -0.3 is 14.8 Å². The molecule has 3 aromatic rings. The van der Waals surface area contributed by atoms with Gasteiger partial charge in [0.25, 0.3) is 5.91 Å². The SMILES string of the molecule is O=C(COc1ccc(OCc2ccccc2)cc1)NC1=CC(=O)C(Sc2cccc(Br)c2)=CC1=O. The third-order valence-electron chi connectivity index (χ3n) is 4.79. The average molecular weight is 550 g/mol. The van der Waals surface area contributed by atoms with Crippen molar-refractivity contribution in [2.24, 2.45) is 0 Å². The predicted molar refractivity (Wildman–Crippen MR) is 137 cm³/mol. The van der Waals surface area contributed by atoms with E-state index in [-0.39, 0.29) is 23.0 Å². The van der Waals surface area contributed by atoms with E-state index in [0.29, 0.717) is 18.1 Å². The van der Waals surface area contributed by atoms with Gasteiger partial charge in [-0.05, 0) is 48.0 Å². The number of hydrogen-bond donors (Lipinski definition) is 1. The molecule has 1 amide bonds. The highest BCUT2D eigenvalue weighted by Crippen LogP contribution is 2.31. The smallest absolute Gasteiger partial charge is 0.262 e. The van der Waals surface area contributed by atoms with Crippen LogP contribution in [0.1, 0.15) is 5.56 Å². The second-order valence-corrected chi connectivity index (χ2v) is 9.47. The van der Waals surface area contributed by atoms with E-state index in [4.69, 9.17) is 9.47 Å². The lowest BCUT2D eigenvalue weighted by molar-refractivity contribution is -0.124. The number of rotatable bonds is 9. The molecule has 0 bridgehead atoms. The molecular formula is C27H20BrNO5S. The zero-order valence-electron chi connectivity index (χ0n) is 18.4. The molecule has 8 heteroatoms. The molecule has 1 aliphatic rings. The lowest BCUT2D eigenvalue weighted by atomic mass is 10.1. The molecule has 0 heterocycles. The van der Waals surface area contributed by atoms with Crippen LogP contribution < -0.4 is 14.8 Å². The molecular weight excluding hydrogens is 530 g/mol. The monoisotopic (exact) mass is 549 g/mol.